The Labute approximate surface area is 177 Å². The number of nitrogens with zero attached hydrogens (tertiary/aromatic N) is 6. The number of nitriles is 1. The highest BCUT2D eigenvalue weighted by molar-refractivity contribution is 5.66. The molecule has 3 heterocycles. The van der Waals surface area contributed by atoms with Gasteiger partial charge in [-0.15, -0.1) is 0 Å². The van der Waals surface area contributed by atoms with E-state index < -0.39 is 0 Å². The van der Waals surface area contributed by atoms with Crippen molar-refractivity contribution in [2.45, 2.75) is 31.7 Å². The van der Waals surface area contributed by atoms with Crippen LogP contribution in [0, 0.1) is 11.3 Å². The number of hydrogen-bond acceptors (Lipinski definition) is 8. The monoisotopic (exact) mass is 404 g/mol. The molecule has 0 atom stereocenters. The summed E-state index contributed by atoms with van der Waals surface area (Å²) in [5, 5.41) is 15.6. The lowest BCUT2D eigenvalue weighted by Gasteiger charge is -2.33. The molecule has 1 aliphatic heterocycles. The van der Waals surface area contributed by atoms with Crippen molar-refractivity contribution in [2.75, 3.05) is 48.8 Å². The van der Waals surface area contributed by atoms with Gasteiger partial charge in [0, 0.05) is 50.1 Å². The van der Waals surface area contributed by atoms with Gasteiger partial charge in [-0.2, -0.15) is 10.2 Å². The number of likely N-dealkylation sites (N-methyl/N-ethyl adjacent to an activating group) is 1. The van der Waals surface area contributed by atoms with Crippen LogP contribution in [0.4, 0.5) is 23.3 Å². The van der Waals surface area contributed by atoms with E-state index in [0.29, 0.717) is 17.8 Å². The molecule has 2 aromatic rings. The lowest BCUT2D eigenvalue weighted by atomic mass is 10.2. The topological polar surface area (TPSA) is 93.0 Å². The fourth-order valence-electron chi connectivity index (χ4n) is 3.91. The molecule has 8 heteroatoms. The number of anilines is 4. The molecule has 2 aromatic heterocycles. The second-order valence-electron chi connectivity index (χ2n) is 7.90. The Morgan fingerprint density at radius 1 is 1.10 bits per heavy atom. The van der Waals surface area contributed by atoms with E-state index in [2.05, 4.69) is 48.5 Å². The summed E-state index contributed by atoms with van der Waals surface area (Å²) < 4.78 is 0. The van der Waals surface area contributed by atoms with E-state index in [1.807, 2.05) is 18.3 Å². The van der Waals surface area contributed by atoms with Crippen molar-refractivity contribution in [1.82, 2.24) is 19.9 Å². The summed E-state index contributed by atoms with van der Waals surface area (Å²) in [6, 6.07) is 6.50. The molecule has 1 saturated carbocycles. The number of allylic oxidation sites excluding steroid dienone is 1. The van der Waals surface area contributed by atoms with Crippen LogP contribution < -0.4 is 15.5 Å². The van der Waals surface area contributed by atoms with Crippen molar-refractivity contribution in [3.63, 3.8) is 0 Å². The Bertz CT molecular complexity index is 904. The van der Waals surface area contributed by atoms with Crippen molar-refractivity contribution < 1.29 is 0 Å². The summed E-state index contributed by atoms with van der Waals surface area (Å²) in [6.07, 6.45) is 11.6. The second kappa shape index (κ2) is 9.55. The average Bonchev–Trinajstić information content (AvgIpc) is 3.28. The van der Waals surface area contributed by atoms with Crippen molar-refractivity contribution in [1.29, 1.82) is 5.26 Å². The Balaban J connectivity index is 1.46. The number of hydrogen-bond donors (Lipinski definition) is 2. The molecule has 4 rings (SSSR count). The van der Waals surface area contributed by atoms with Crippen molar-refractivity contribution in [2.24, 2.45) is 0 Å². The van der Waals surface area contributed by atoms with Gasteiger partial charge in [0.1, 0.15) is 11.6 Å². The van der Waals surface area contributed by atoms with Crippen molar-refractivity contribution in [3.8, 4) is 6.07 Å². The highest BCUT2D eigenvalue weighted by Crippen LogP contribution is 2.25. The van der Waals surface area contributed by atoms with E-state index >= 15 is 0 Å². The summed E-state index contributed by atoms with van der Waals surface area (Å²) in [5.74, 6) is 1.95. The SMILES string of the molecule is CN1CCN(c2ccc(Nc3ncc(C=CC#N)c(NC4CCCC4)n3)nc2)CC1. The molecule has 0 spiro atoms. The van der Waals surface area contributed by atoms with E-state index in [4.69, 9.17) is 5.26 Å². The maximum atomic E-state index is 8.86. The zero-order valence-electron chi connectivity index (χ0n) is 17.4. The maximum absolute atomic E-state index is 8.86. The summed E-state index contributed by atoms with van der Waals surface area (Å²) in [6.45, 7) is 4.16. The van der Waals surface area contributed by atoms with Gasteiger partial charge in [0.25, 0.3) is 0 Å². The van der Waals surface area contributed by atoms with Crippen molar-refractivity contribution >= 4 is 29.3 Å². The molecule has 0 amide bonds. The van der Waals surface area contributed by atoms with E-state index in [-0.39, 0.29) is 0 Å². The van der Waals surface area contributed by atoms with Crippen LogP contribution >= 0.6 is 0 Å². The first-order chi connectivity index (χ1) is 14.7. The Morgan fingerprint density at radius 3 is 2.60 bits per heavy atom. The molecule has 2 fully saturated rings. The van der Waals surface area contributed by atoms with Gasteiger partial charge in [-0.05, 0) is 38.1 Å². The molecule has 0 bridgehead atoms. The van der Waals surface area contributed by atoms with Gasteiger partial charge in [-0.1, -0.05) is 12.8 Å². The quantitative estimate of drug-likeness (QED) is 0.709. The van der Waals surface area contributed by atoms with Gasteiger partial charge in [0.15, 0.2) is 0 Å². The first-order valence-corrected chi connectivity index (χ1v) is 10.6. The van der Waals surface area contributed by atoms with Gasteiger partial charge in [-0.25, -0.2) is 9.97 Å². The van der Waals surface area contributed by atoms with Crippen molar-refractivity contribution in [3.05, 3.63) is 36.2 Å². The van der Waals surface area contributed by atoms with Crippen LogP contribution in [-0.2, 0) is 0 Å². The molecular weight excluding hydrogens is 376 g/mol. The molecule has 0 unspecified atom stereocenters. The third-order valence-corrected chi connectivity index (χ3v) is 5.71. The highest BCUT2D eigenvalue weighted by Gasteiger charge is 2.17. The number of piperazine rings is 1. The Kier molecular flexibility index (Phi) is 6.40. The van der Waals surface area contributed by atoms with Crippen LogP contribution in [0.1, 0.15) is 31.2 Å². The average molecular weight is 405 g/mol. The van der Waals surface area contributed by atoms with Gasteiger partial charge >= 0.3 is 0 Å². The zero-order valence-corrected chi connectivity index (χ0v) is 17.4. The summed E-state index contributed by atoms with van der Waals surface area (Å²) in [5.41, 5.74) is 1.95. The third kappa shape index (κ3) is 5.05. The summed E-state index contributed by atoms with van der Waals surface area (Å²) >= 11 is 0. The van der Waals surface area contributed by atoms with Crippen LogP contribution in [0.3, 0.4) is 0 Å². The molecule has 0 aromatic carbocycles. The lowest BCUT2D eigenvalue weighted by Crippen LogP contribution is -2.44. The molecule has 8 nitrogen and oxygen atoms in total. The molecule has 156 valence electrons. The molecule has 0 radical (unpaired) electrons. The van der Waals surface area contributed by atoms with Gasteiger partial charge in [0.05, 0.1) is 18.0 Å². The smallest absolute Gasteiger partial charge is 0.230 e. The maximum Gasteiger partial charge on any atom is 0.230 e. The van der Waals surface area contributed by atoms with E-state index in [1.165, 1.54) is 18.9 Å². The first-order valence-electron chi connectivity index (χ1n) is 10.6. The minimum absolute atomic E-state index is 0.419. The molecular formula is C22H28N8. The fraction of sp³-hybridized carbons (Fsp3) is 0.455. The number of pyridine rings is 1. The van der Waals surface area contributed by atoms with Crippen LogP contribution in [0.25, 0.3) is 6.08 Å². The Morgan fingerprint density at radius 2 is 1.90 bits per heavy atom. The van der Waals surface area contributed by atoms with Crippen LogP contribution in [0.5, 0.6) is 0 Å². The number of rotatable bonds is 6. The van der Waals surface area contributed by atoms with Gasteiger partial charge in [0.2, 0.25) is 5.95 Å². The summed E-state index contributed by atoms with van der Waals surface area (Å²) in [7, 11) is 2.15. The predicted molar refractivity (Wildman–Crippen MR) is 120 cm³/mol. The Hall–Kier alpha value is -3.18. The standard InChI is InChI=1S/C22H28N8/c1-29-11-13-30(14-12-29)19-8-9-20(24-16-19)27-22-25-15-17(5-4-10-23)21(28-22)26-18-6-2-3-7-18/h4-5,8-9,15-16,18H,2-3,6-7,11-14H2,1H3,(H2,24,25,26,27,28). The zero-order chi connectivity index (χ0) is 20.8. The third-order valence-electron chi connectivity index (χ3n) is 5.71. The fourth-order valence-corrected chi connectivity index (χ4v) is 3.91. The normalized spacial score (nSPS) is 17.9. The minimum Gasteiger partial charge on any atom is -0.368 e. The largest absolute Gasteiger partial charge is 0.368 e. The lowest BCUT2D eigenvalue weighted by molar-refractivity contribution is 0.313. The van der Waals surface area contributed by atoms with Crippen LogP contribution in [0.2, 0.25) is 0 Å². The van der Waals surface area contributed by atoms with Gasteiger partial charge < -0.3 is 20.4 Å². The van der Waals surface area contributed by atoms with Crippen LogP contribution in [-0.4, -0.2) is 59.1 Å². The summed E-state index contributed by atoms with van der Waals surface area (Å²) in [4.78, 5) is 18.3. The second-order valence-corrected chi connectivity index (χ2v) is 7.90. The van der Waals surface area contributed by atoms with Gasteiger partial charge in [-0.3, -0.25) is 0 Å². The first kappa shape index (κ1) is 20.1. The minimum atomic E-state index is 0.419. The molecule has 30 heavy (non-hydrogen) atoms. The number of aromatic nitrogens is 3. The molecule has 1 aliphatic carbocycles. The van der Waals surface area contributed by atoms with E-state index in [1.54, 1.807) is 12.3 Å². The number of nitrogens with one attached hydrogen (secondary N) is 2. The predicted octanol–water partition coefficient (Wildman–Crippen LogP) is 3.26. The molecule has 2 N–H and O–H groups in total. The molecule has 2 aliphatic rings. The van der Waals surface area contributed by atoms with Crippen LogP contribution in [0.15, 0.2) is 30.6 Å². The molecule has 1 saturated heterocycles. The van der Waals surface area contributed by atoms with E-state index in [9.17, 15) is 0 Å². The highest BCUT2D eigenvalue weighted by atomic mass is 15.3. The van der Waals surface area contributed by atoms with E-state index in [0.717, 1.165) is 56.1 Å².